The second-order valence-electron chi connectivity index (χ2n) is 5.62. The van der Waals surface area contributed by atoms with Crippen molar-refractivity contribution in [3.05, 3.63) is 23.7 Å². The van der Waals surface area contributed by atoms with E-state index in [0.29, 0.717) is 25.3 Å². The van der Waals surface area contributed by atoms with Crippen LogP contribution in [0.25, 0.3) is 0 Å². The summed E-state index contributed by atoms with van der Waals surface area (Å²) in [6, 6.07) is 3.04. The van der Waals surface area contributed by atoms with Gasteiger partial charge in [-0.15, -0.1) is 0 Å². The molecule has 1 unspecified atom stereocenters. The van der Waals surface area contributed by atoms with Gasteiger partial charge in [0.15, 0.2) is 0 Å². The molecule has 1 aromatic rings. The molecule has 0 aliphatic rings. The summed E-state index contributed by atoms with van der Waals surface area (Å²) in [5.74, 6) is -0.591. The third kappa shape index (κ3) is 5.33. The first-order chi connectivity index (χ1) is 8.28. The summed E-state index contributed by atoms with van der Waals surface area (Å²) in [4.78, 5) is 10.6. The zero-order chi connectivity index (χ0) is 13.8. The van der Waals surface area contributed by atoms with Gasteiger partial charge in [-0.2, -0.15) is 0 Å². The van der Waals surface area contributed by atoms with E-state index in [1.807, 2.05) is 0 Å². The number of furan rings is 1. The second kappa shape index (κ2) is 6.02. The van der Waals surface area contributed by atoms with Gasteiger partial charge in [0, 0.05) is 6.54 Å². The molecule has 0 aliphatic heterocycles. The van der Waals surface area contributed by atoms with Crippen molar-refractivity contribution in [3.8, 4) is 0 Å². The molecule has 0 aliphatic carbocycles. The molecule has 0 aromatic carbocycles. The molecule has 102 valence electrons. The van der Waals surface area contributed by atoms with Crippen molar-refractivity contribution in [1.82, 2.24) is 5.32 Å². The van der Waals surface area contributed by atoms with Crippen LogP contribution in [0.1, 0.15) is 43.5 Å². The largest absolute Gasteiger partial charge is 0.475 e. The van der Waals surface area contributed by atoms with Crippen LogP contribution >= 0.6 is 0 Å². The summed E-state index contributed by atoms with van der Waals surface area (Å²) >= 11 is 0. The van der Waals surface area contributed by atoms with Crippen molar-refractivity contribution in [2.75, 3.05) is 6.54 Å². The molecule has 0 bridgehead atoms. The lowest BCUT2D eigenvalue weighted by molar-refractivity contribution is 0.0659. The first-order valence-electron chi connectivity index (χ1n) is 5.99. The highest BCUT2D eigenvalue weighted by Gasteiger charge is 2.16. The van der Waals surface area contributed by atoms with E-state index in [-0.39, 0.29) is 11.2 Å². The summed E-state index contributed by atoms with van der Waals surface area (Å²) in [7, 11) is 0. The summed E-state index contributed by atoms with van der Waals surface area (Å²) < 4.78 is 5.08. The molecule has 0 spiro atoms. The number of aromatic carboxylic acids is 1. The average Bonchev–Trinajstić information content (AvgIpc) is 2.63. The lowest BCUT2D eigenvalue weighted by atomic mass is 9.89. The van der Waals surface area contributed by atoms with E-state index in [0.717, 1.165) is 0 Å². The Morgan fingerprint density at radius 1 is 1.44 bits per heavy atom. The summed E-state index contributed by atoms with van der Waals surface area (Å²) in [5, 5.41) is 21.5. The van der Waals surface area contributed by atoms with Gasteiger partial charge in [-0.1, -0.05) is 20.8 Å². The molecule has 3 N–H and O–H groups in total. The van der Waals surface area contributed by atoms with Crippen molar-refractivity contribution in [3.63, 3.8) is 0 Å². The van der Waals surface area contributed by atoms with Crippen molar-refractivity contribution in [2.45, 2.75) is 39.8 Å². The topological polar surface area (TPSA) is 82.7 Å². The number of carbonyl (C=O) groups is 1. The molecule has 1 aromatic heterocycles. The van der Waals surface area contributed by atoms with E-state index in [4.69, 9.17) is 9.52 Å². The van der Waals surface area contributed by atoms with Gasteiger partial charge in [-0.25, -0.2) is 4.79 Å². The number of hydrogen-bond donors (Lipinski definition) is 3. The summed E-state index contributed by atoms with van der Waals surface area (Å²) in [6.07, 6.45) is 0.289. The maximum atomic E-state index is 10.6. The molecule has 0 saturated carbocycles. The molecule has 1 heterocycles. The van der Waals surface area contributed by atoms with E-state index in [9.17, 15) is 9.90 Å². The van der Waals surface area contributed by atoms with Gasteiger partial charge in [0.2, 0.25) is 5.76 Å². The quantitative estimate of drug-likeness (QED) is 0.722. The number of hydrogen-bond acceptors (Lipinski definition) is 4. The van der Waals surface area contributed by atoms with Gasteiger partial charge in [0.1, 0.15) is 5.76 Å². The zero-order valence-corrected chi connectivity index (χ0v) is 11.1. The van der Waals surface area contributed by atoms with Crippen LogP contribution in [0.5, 0.6) is 0 Å². The van der Waals surface area contributed by atoms with Crippen LogP contribution in [-0.4, -0.2) is 28.8 Å². The highest BCUT2D eigenvalue weighted by atomic mass is 16.4. The Hall–Kier alpha value is -1.33. The van der Waals surface area contributed by atoms with Crippen LogP contribution in [0.2, 0.25) is 0 Å². The third-order valence-electron chi connectivity index (χ3n) is 2.40. The fourth-order valence-corrected chi connectivity index (χ4v) is 1.73. The van der Waals surface area contributed by atoms with Gasteiger partial charge < -0.3 is 19.9 Å². The number of carboxylic acids is 1. The highest BCUT2D eigenvalue weighted by molar-refractivity contribution is 5.84. The van der Waals surface area contributed by atoms with E-state index < -0.39 is 12.1 Å². The first-order valence-corrected chi connectivity index (χ1v) is 5.99. The Morgan fingerprint density at radius 2 is 2.11 bits per heavy atom. The van der Waals surface area contributed by atoms with E-state index >= 15 is 0 Å². The molecule has 18 heavy (non-hydrogen) atoms. The van der Waals surface area contributed by atoms with E-state index in [2.05, 4.69) is 26.1 Å². The standard InChI is InChI=1S/C13H21NO4/c1-13(2,3)6-9(15)7-14-8-10-4-5-11(18-10)12(16)17/h4-5,9,14-15H,6-8H2,1-3H3,(H,16,17). The molecule has 0 amide bonds. The number of nitrogens with one attached hydrogen (secondary N) is 1. The van der Waals surface area contributed by atoms with Crippen LogP contribution in [-0.2, 0) is 6.54 Å². The lowest BCUT2D eigenvalue weighted by Gasteiger charge is -2.22. The number of aliphatic hydroxyl groups is 1. The second-order valence-corrected chi connectivity index (χ2v) is 5.62. The van der Waals surface area contributed by atoms with E-state index in [1.54, 1.807) is 6.07 Å². The van der Waals surface area contributed by atoms with Crippen LogP contribution in [0.4, 0.5) is 0 Å². The number of aliphatic hydroxyl groups excluding tert-OH is 1. The monoisotopic (exact) mass is 255 g/mol. The van der Waals surface area contributed by atoms with Crippen LogP contribution < -0.4 is 5.32 Å². The van der Waals surface area contributed by atoms with Crippen molar-refractivity contribution >= 4 is 5.97 Å². The minimum atomic E-state index is -1.07. The van der Waals surface area contributed by atoms with Gasteiger partial charge >= 0.3 is 5.97 Å². The molecular weight excluding hydrogens is 234 g/mol. The smallest absolute Gasteiger partial charge is 0.371 e. The Labute approximate surface area is 107 Å². The Morgan fingerprint density at radius 3 is 2.61 bits per heavy atom. The third-order valence-corrected chi connectivity index (χ3v) is 2.40. The molecule has 5 nitrogen and oxygen atoms in total. The van der Waals surface area contributed by atoms with Crippen LogP contribution in [0, 0.1) is 5.41 Å². The highest BCUT2D eigenvalue weighted by Crippen LogP contribution is 2.20. The van der Waals surface area contributed by atoms with E-state index in [1.165, 1.54) is 6.07 Å². The molecule has 5 heteroatoms. The average molecular weight is 255 g/mol. The maximum absolute atomic E-state index is 10.6. The molecule has 1 atom stereocenters. The summed E-state index contributed by atoms with van der Waals surface area (Å²) in [6.45, 7) is 7.08. The first kappa shape index (κ1) is 14.7. The fraction of sp³-hybridized carbons (Fsp3) is 0.615. The Balaban J connectivity index is 2.31. The SMILES string of the molecule is CC(C)(C)CC(O)CNCc1ccc(C(=O)O)o1. The Kier molecular flexibility index (Phi) is 4.93. The zero-order valence-electron chi connectivity index (χ0n) is 11.1. The van der Waals surface area contributed by atoms with Crippen molar-refractivity contribution < 1.29 is 19.4 Å². The van der Waals surface area contributed by atoms with Gasteiger partial charge in [-0.3, -0.25) is 0 Å². The molecule has 0 saturated heterocycles. The molecular formula is C13H21NO4. The van der Waals surface area contributed by atoms with Gasteiger partial charge in [-0.05, 0) is 24.0 Å². The minimum absolute atomic E-state index is 0.0676. The molecule has 0 fully saturated rings. The number of rotatable bonds is 6. The molecule has 0 radical (unpaired) electrons. The van der Waals surface area contributed by atoms with Gasteiger partial charge in [0.25, 0.3) is 0 Å². The normalized spacial score (nSPS) is 13.6. The van der Waals surface area contributed by atoms with Gasteiger partial charge in [0.05, 0.1) is 12.6 Å². The number of carboxylic acid groups (broad SMARTS) is 1. The Bertz CT molecular complexity index is 392. The van der Waals surface area contributed by atoms with Crippen LogP contribution in [0.15, 0.2) is 16.5 Å². The predicted molar refractivity (Wildman–Crippen MR) is 67.5 cm³/mol. The van der Waals surface area contributed by atoms with Crippen molar-refractivity contribution in [2.24, 2.45) is 5.41 Å². The minimum Gasteiger partial charge on any atom is -0.475 e. The predicted octanol–water partition coefficient (Wildman–Crippen LogP) is 1.86. The maximum Gasteiger partial charge on any atom is 0.371 e. The van der Waals surface area contributed by atoms with Crippen LogP contribution in [0.3, 0.4) is 0 Å². The summed E-state index contributed by atoms with van der Waals surface area (Å²) in [5.41, 5.74) is 0.0856. The fourth-order valence-electron chi connectivity index (χ4n) is 1.73. The van der Waals surface area contributed by atoms with Crippen molar-refractivity contribution in [1.29, 1.82) is 0 Å². The lowest BCUT2D eigenvalue weighted by Crippen LogP contribution is -2.29. The molecule has 1 rings (SSSR count).